The molecule has 0 unspecified atom stereocenters. The number of hydrogen-bond donors (Lipinski definition) is 2. The van der Waals surface area contributed by atoms with E-state index in [9.17, 15) is 4.79 Å². The van der Waals surface area contributed by atoms with Crippen LogP contribution in [0.2, 0.25) is 0 Å². The van der Waals surface area contributed by atoms with Crippen molar-refractivity contribution in [3.8, 4) is 18.1 Å². The minimum absolute atomic E-state index is 0.287. The van der Waals surface area contributed by atoms with E-state index in [1.165, 1.54) is 5.56 Å². The summed E-state index contributed by atoms with van der Waals surface area (Å²) in [6, 6.07) is 7.98. The number of likely N-dealkylation sites (tertiary alicyclic amines) is 1. The molecule has 158 valence electrons. The van der Waals surface area contributed by atoms with Crippen molar-refractivity contribution in [1.29, 1.82) is 0 Å². The number of carbonyl (C=O) groups excluding carboxylic acids is 1. The SMILES string of the molecule is C#CCOc1ccc(CCNC(=NCCCN2CCCCCC2=O)NCC)cc1. The highest BCUT2D eigenvalue weighted by Crippen LogP contribution is 2.12. The van der Waals surface area contributed by atoms with Crippen molar-refractivity contribution in [2.24, 2.45) is 4.99 Å². The summed E-state index contributed by atoms with van der Waals surface area (Å²) in [7, 11) is 0. The van der Waals surface area contributed by atoms with Crippen molar-refractivity contribution in [1.82, 2.24) is 15.5 Å². The molecule has 1 aromatic carbocycles. The largest absolute Gasteiger partial charge is 0.481 e. The molecule has 1 saturated heterocycles. The zero-order valence-corrected chi connectivity index (χ0v) is 17.6. The number of carbonyl (C=O) groups is 1. The van der Waals surface area contributed by atoms with Crippen LogP contribution < -0.4 is 15.4 Å². The summed E-state index contributed by atoms with van der Waals surface area (Å²) in [5.41, 5.74) is 1.22. The predicted octanol–water partition coefficient (Wildman–Crippen LogP) is 2.59. The number of nitrogens with zero attached hydrogens (tertiary/aromatic N) is 2. The first-order valence-corrected chi connectivity index (χ1v) is 10.7. The molecule has 0 saturated carbocycles. The number of amides is 1. The Balaban J connectivity index is 1.71. The number of ether oxygens (including phenoxy) is 1. The van der Waals surface area contributed by atoms with Crippen molar-refractivity contribution >= 4 is 11.9 Å². The van der Waals surface area contributed by atoms with Gasteiger partial charge in [-0.1, -0.05) is 24.5 Å². The van der Waals surface area contributed by atoms with Gasteiger partial charge in [-0.25, -0.2) is 0 Å². The molecular weight excluding hydrogens is 364 g/mol. The minimum atomic E-state index is 0.287. The summed E-state index contributed by atoms with van der Waals surface area (Å²) in [6.07, 6.45) is 11.0. The first-order chi connectivity index (χ1) is 14.2. The van der Waals surface area contributed by atoms with Gasteiger partial charge in [-0.05, 0) is 50.3 Å². The van der Waals surface area contributed by atoms with Gasteiger partial charge in [0, 0.05) is 39.1 Å². The number of rotatable bonds is 10. The van der Waals surface area contributed by atoms with Crippen LogP contribution in [0.15, 0.2) is 29.3 Å². The van der Waals surface area contributed by atoms with Gasteiger partial charge in [0.05, 0.1) is 0 Å². The van der Waals surface area contributed by atoms with Gasteiger partial charge in [0.15, 0.2) is 5.96 Å². The second kappa shape index (κ2) is 13.5. The van der Waals surface area contributed by atoms with Gasteiger partial charge in [-0.2, -0.15) is 0 Å². The third-order valence-corrected chi connectivity index (χ3v) is 4.82. The molecule has 0 radical (unpaired) electrons. The molecule has 1 aromatic rings. The summed E-state index contributed by atoms with van der Waals surface area (Å²) >= 11 is 0. The highest BCUT2D eigenvalue weighted by molar-refractivity contribution is 5.79. The molecule has 1 heterocycles. The Bertz CT molecular complexity index is 679. The van der Waals surface area contributed by atoms with Crippen LogP contribution in [-0.4, -0.2) is 56.1 Å². The Kier molecular flexibility index (Phi) is 10.5. The summed E-state index contributed by atoms with van der Waals surface area (Å²) in [6.45, 7) is 6.36. The van der Waals surface area contributed by atoms with Gasteiger partial charge in [0.2, 0.25) is 5.91 Å². The Morgan fingerprint density at radius 2 is 2.07 bits per heavy atom. The van der Waals surface area contributed by atoms with Crippen LogP contribution >= 0.6 is 0 Å². The van der Waals surface area contributed by atoms with E-state index in [1.54, 1.807) is 0 Å². The van der Waals surface area contributed by atoms with E-state index >= 15 is 0 Å². The van der Waals surface area contributed by atoms with Crippen molar-refractivity contribution in [3.63, 3.8) is 0 Å². The number of terminal acetylenes is 1. The summed E-state index contributed by atoms with van der Waals surface area (Å²) in [4.78, 5) is 18.7. The van der Waals surface area contributed by atoms with Crippen LogP contribution in [0.5, 0.6) is 5.75 Å². The average molecular weight is 399 g/mol. The number of guanidine groups is 1. The fourth-order valence-corrected chi connectivity index (χ4v) is 3.27. The lowest BCUT2D eigenvalue weighted by atomic mass is 10.1. The van der Waals surface area contributed by atoms with Gasteiger partial charge in [-0.15, -0.1) is 6.42 Å². The van der Waals surface area contributed by atoms with Crippen molar-refractivity contribution in [2.75, 3.05) is 39.3 Å². The molecule has 6 heteroatoms. The monoisotopic (exact) mass is 398 g/mol. The Morgan fingerprint density at radius 1 is 1.24 bits per heavy atom. The maximum Gasteiger partial charge on any atom is 0.222 e. The number of nitrogens with one attached hydrogen (secondary N) is 2. The molecule has 6 nitrogen and oxygen atoms in total. The average Bonchev–Trinajstić information content (AvgIpc) is 2.94. The molecule has 29 heavy (non-hydrogen) atoms. The summed E-state index contributed by atoms with van der Waals surface area (Å²) < 4.78 is 5.39. The highest BCUT2D eigenvalue weighted by atomic mass is 16.5. The zero-order chi connectivity index (χ0) is 20.7. The topological polar surface area (TPSA) is 66.0 Å². The lowest BCUT2D eigenvalue weighted by molar-refractivity contribution is -0.130. The molecule has 0 spiro atoms. The van der Waals surface area contributed by atoms with Gasteiger partial charge in [0.1, 0.15) is 12.4 Å². The lowest BCUT2D eigenvalue weighted by Gasteiger charge is -2.20. The second-order valence-electron chi connectivity index (χ2n) is 7.12. The van der Waals surface area contributed by atoms with Gasteiger partial charge in [0.25, 0.3) is 0 Å². The van der Waals surface area contributed by atoms with Crippen LogP contribution in [0.4, 0.5) is 0 Å². The van der Waals surface area contributed by atoms with E-state index in [0.29, 0.717) is 18.9 Å². The van der Waals surface area contributed by atoms with Crippen molar-refractivity contribution in [3.05, 3.63) is 29.8 Å². The predicted molar refractivity (Wildman–Crippen MR) is 118 cm³/mol. The van der Waals surface area contributed by atoms with Crippen molar-refractivity contribution < 1.29 is 9.53 Å². The Morgan fingerprint density at radius 3 is 2.83 bits per heavy atom. The molecule has 1 aliphatic heterocycles. The smallest absolute Gasteiger partial charge is 0.222 e. The number of hydrogen-bond acceptors (Lipinski definition) is 3. The molecule has 1 aliphatic rings. The fraction of sp³-hybridized carbons (Fsp3) is 0.565. The number of benzene rings is 1. The van der Waals surface area contributed by atoms with Crippen LogP contribution in [-0.2, 0) is 11.2 Å². The van der Waals surface area contributed by atoms with Crippen LogP contribution in [0, 0.1) is 12.3 Å². The van der Waals surface area contributed by atoms with E-state index in [4.69, 9.17) is 11.2 Å². The summed E-state index contributed by atoms with van der Waals surface area (Å²) in [5, 5.41) is 6.65. The maximum atomic E-state index is 12.0. The Labute approximate surface area is 175 Å². The molecule has 2 rings (SSSR count). The molecule has 0 aromatic heterocycles. The zero-order valence-electron chi connectivity index (χ0n) is 17.6. The second-order valence-corrected chi connectivity index (χ2v) is 7.12. The third-order valence-electron chi connectivity index (χ3n) is 4.82. The normalized spacial score (nSPS) is 14.8. The standard InChI is InChI=1S/C23H34N4O2/c1-3-19-29-21-12-10-20(11-13-21)14-16-26-23(24-4-2)25-15-8-18-27-17-7-5-6-9-22(27)28/h1,10-13H,4-9,14-19H2,2H3,(H2,24,25,26). The lowest BCUT2D eigenvalue weighted by Crippen LogP contribution is -2.38. The van der Waals surface area contributed by atoms with Crippen LogP contribution in [0.1, 0.15) is 44.6 Å². The molecule has 2 N–H and O–H groups in total. The molecule has 0 bridgehead atoms. The van der Waals surface area contributed by atoms with Crippen molar-refractivity contribution in [2.45, 2.75) is 45.4 Å². The van der Waals surface area contributed by atoms with E-state index in [2.05, 4.69) is 40.6 Å². The van der Waals surface area contributed by atoms with Crippen LogP contribution in [0.25, 0.3) is 0 Å². The minimum Gasteiger partial charge on any atom is -0.481 e. The molecule has 0 atom stereocenters. The molecular formula is C23H34N4O2. The number of aliphatic imine (C=N–C) groups is 1. The highest BCUT2D eigenvalue weighted by Gasteiger charge is 2.15. The molecule has 1 amide bonds. The van der Waals surface area contributed by atoms with E-state index < -0.39 is 0 Å². The Hall–Kier alpha value is -2.68. The van der Waals surface area contributed by atoms with E-state index in [0.717, 1.165) is 70.0 Å². The quantitative estimate of drug-likeness (QED) is 0.275. The first-order valence-electron chi connectivity index (χ1n) is 10.7. The molecule has 1 fully saturated rings. The molecule has 0 aliphatic carbocycles. The van der Waals surface area contributed by atoms with Gasteiger partial charge in [-0.3, -0.25) is 9.79 Å². The van der Waals surface area contributed by atoms with Gasteiger partial charge < -0.3 is 20.3 Å². The summed E-state index contributed by atoms with van der Waals surface area (Å²) in [5.74, 6) is 4.37. The third kappa shape index (κ3) is 8.91. The maximum absolute atomic E-state index is 12.0. The van der Waals surface area contributed by atoms with E-state index in [1.807, 2.05) is 17.0 Å². The first kappa shape index (κ1) is 22.6. The van der Waals surface area contributed by atoms with Crippen LogP contribution in [0.3, 0.4) is 0 Å². The van der Waals surface area contributed by atoms with E-state index in [-0.39, 0.29) is 6.61 Å². The van der Waals surface area contributed by atoms with Gasteiger partial charge >= 0.3 is 0 Å². The fourth-order valence-electron chi connectivity index (χ4n) is 3.27.